The summed E-state index contributed by atoms with van der Waals surface area (Å²) >= 11 is 10.0. The Morgan fingerprint density at radius 3 is 2.85 bits per heavy atom. The number of halogens is 2. The molecule has 0 atom stereocenters. The summed E-state index contributed by atoms with van der Waals surface area (Å²) in [5.74, 6) is -0.327. The van der Waals surface area contributed by atoms with Crippen molar-refractivity contribution in [1.82, 2.24) is 0 Å². The Morgan fingerprint density at radius 2 is 2.31 bits per heavy atom. The molecule has 0 heterocycles. The van der Waals surface area contributed by atoms with E-state index >= 15 is 0 Å². The summed E-state index contributed by atoms with van der Waals surface area (Å²) < 4.78 is 5.56. The molecule has 0 saturated carbocycles. The molecule has 0 bridgehead atoms. The Balaban J connectivity index is 2.72. The SMILES string of the molecule is CC(=O)OSc1ccc(Cl)cc1Br. The molecule has 0 spiro atoms. The van der Waals surface area contributed by atoms with E-state index in [0.717, 1.165) is 21.4 Å². The standard InChI is InChI=1S/C8H6BrClO2S/c1-5(11)12-13-8-3-2-6(10)4-7(8)9/h2-4H,1H3. The molecule has 0 unspecified atom stereocenters. The van der Waals surface area contributed by atoms with E-state index in [-0.39, 0.29) is 5.97 Å². The molecule has 2 nitrogen and oxygen atoms in total. The highest BCUT2D eigenvalue weighted by molar-refractivity contribution is 9.10. The van der Waals surface area contributed by atoms with Crippen molar-refractivity contribution in [3.05, 3.63) is 27.7 Å². The molecule has 0 aliphatic heterocycles. The van der Waals surface area contributed by atoms with E-state index in [2.05, 4.69) is 15.9 Å². The number of rotatable bonds is 2. The van der Waals surface area contributed by atoms with Crippen molar-refractivity contribution in [2.75, 3.05) is 0 Å². The van der Waals surface area contributed by atoms with E-state index in [0.29, 0.717) is 5.02 Å². The third kappa shape index (κ3) is 3.58. The maximum atomic E-state index is 10.5. The third-order valence-corrected chi connectivity index (χ3v) is 3.15. The number of carbonyl (C=O) groups excluding carboxylic acids is 1. The first-order chi connectivity index (χ1) is 6.09. The van der Waals surface area contributed by atoms with E-state index in [1.54, 1.807) is 18.2 Å². The largest absolute Gasteiger partial charge is 0.386 e. The molecule has 1 rings (SSSR count). The van der Waals surface area contributed by atoms with Crippen LogP contribution in [0.1, 0.15) is 6.92 Å². The number of carbonyl (C=O) groups is 1. The highest BCUT2D eigenvalue weighted by Gasteiger charge is 2.03. The predicted octanol–water partition coefficient (Wildman–Crippen LogP) is 3.67. The van der Waals surface area contributed by atoms with Crippen LogP contribution in [0.5, 0.6) is 0 Å². The molecule has 0 fully saturated rings. The maximum absolute atomic E-state index is 10.5. The molecule has 0 aliphatic carbocycles. The van der Waals surface area contributed by atoms with Crippen LogP contribution in [0.15, 0.2) is 27.6 Å². The average Bonchev–Trinajstić information content (AvgIpc) is 2.02. The molecule has 0 aliphatic rings. The van der Waals surface area contributed by atoms with Crippen LogP contribution in [0.2, 0.25) is 5.02 Å². The Labute approximate surface area is 93.9 Å². The van der Waals surface area contributed by atoms with Gasteiger partial charge in [-0.2, -0.15) is 0 Å². The summed E-state index contributed by atoms with van der Waals surface area (Å²) in [7, 11) is 0. The minimum absolute atomic E-state index is 0.327. The molecule has 5 heteroatoms. The van der Waals surface area contributed by atoms with Gasteiger partial charge in [0.25, 0.3) is 0 Å². The van der Waals surface area contributed by atoms with Gasteiger partial charge in [-0.05, 0) is 34.1 Å². The van der Waals surface area contributed by atoms with Gasteiger partial charge in [-0.15, -0.1) is 0 Å². The zero-order chi connectivity index (χ0) is 9.84. The third-order valence-electron chi connectivity index (χ3n) is 1.14. The fraction of sp³-hybridized carbons (Fsp3) is 0.125. The lowest BCUT2D eigenvalue weighted by Gasteiger charge is -2.02. The zero-order valence-corrected chi connectivity index (χ0v) is 9.87. The van der Waals surface area contributed by atoms with Crippen molar-refractivity contribution in [3.63, 3.8) is 0 Å². The van der Waals surface area contributed by atoms with Crippen LogP contribution in [0.4, 0.5) is 0 Å². The van der Waals surface area contributed by atoms with E-state index in [1.165, 1.54) is 6.92 Å². The summed E-state index contributed by atoms with van der Waals surface area (Å²) in [6.45, 7) is 1.36. The molecule has 70 valence electrons. The normalized spacial score (nSPS) is 9.77. The number of hydrogen-bond donors (Lipinski definition) is 0. The predicted molar refractivity (Wildman–Crippen MR) is 56.8 cm³/mol. The Hall–Kier alpha value is -0.190. The van der Waals surface area contributed by atoms with Gasteiger partial charge in [0.2, 0.25) is 0 Å². The lowest BCUT2D eigenvalue weighted by atomic mass is 10.4. The molecule has 1 aromatic rings. The fourth-order valence-corrected chi connectivity index (χ4v) is 2.00. The summed E-state index contributed by atoms with van der Waals surface area (Å²) in [5, 5.41) is 0.638. The van der Waals surface area contributed by atoms with Crippen molar-refractivity contribution < 1.29 is 8.98 Å². The molecular weight excluding hydrogens is 276 g/mol. The molecule has 0 saturated heterocycles. The van der Waals surface area contributed by atoms with Gasteiger partial charge in [0.15, 0.2) is 0 Å². The Morgan fingerprint density at radius 1 is 1.62 bits per heavy atom. The van der Waals surface area contributed by atoms with Gasteiger partial charge in [-0.1, -0.05) is 11.6 Å². The molecule has 13 heavy (non-hydrogen) atoms. The average molecular weight is 282 g/mol. The maximum Gasteiger partial charge on any atom is 0.315 e. The monoisotopic (exact) mass is 280 g/mol. The molecule has 0 N–H and O–H groups in total. The first-order valence-corrected chi connectivity index (χ1v) is 5.31. The molecule has 0 aromatic heterocycles. The highest BCUT2D eigenvalue weighted by Crippen LogP contribution is 2.30. The summed E-state index contributed by atoms with van der Waals surface area (Å²) in [6, 6.07) is 5.26. The smallest absolute Gasteiger partial charge is 0.315 e. The van der Waals surface area contributed by atoms with Crippen molar-refractivity contribution in [2.24, 2.45) is 0 Å². The first kappa shape index (κ1) is 10.9. The number of benzene rings is 1. The molecular formula is C8H6BrClO2S. The van der Waals surface area contributed by atoms with Gasteiger partial charge in [0.1, 0.15) is 0 Å². The van der Waals surface area contributed by atoms with Gasteiger partial charge >= 0.3 is 5.97 Å². The van der Waals surface area contributed by atoms with Crippen LogP contribution in [0, 0.1) is 0 Å². The fourth-order valence-electron chi connectivity index (χ4n) is 0.646. The Bertz CT molecular complexity index is 330. The zero-order valence-electron chi connectivity index (χ0n) is 6.71. The van der Waals surface area contributed by atoms with Crippen LogP contribution < -0.4 is 0 Å². The van der Waals surface area contributed by atoms with Crippen LogP contribution in [-0.4, -0.2) is 5.97 Å². The number of hydrogen-bond acceptors (Lipinski definition) is 3. The van der Waals surface area contributed by atoms with Gasteiger partial charge in [0, 0.05) is 16.4 Å². The lowest BCUT2D eigenvalue weighted by molar-refractivity contribution is -0.130. The van der Waals surface area contributed by atoms with Crippen molar-refractivity contribution in [1.29, 1.82) is 0 Å². The van der Waals surface area contributed by atoms with Crippen molar-refractivity contribution in [3.8, 4) is 0 Å². The molecule has 0 amide bonds. The van der Waals surface area contributed by atoms with Gasteiger partial charge in [0.05, 0.1) is 16.9 Å². The van der Waals surface area contributed by atoms with Crippen LogP contribution in [0.3, 0.4) is 0 Å². The van der Waals surface area contributed by atoms with Crippen molar-refractivity contribution in [2.45, 2.75) is 11.8 Å². The van der Waals surface area contributed by atoms with Crippen LogP contribution >= 0.6 is 39.6 Å². The minimum atomic E-state index is -0.327. The first-order valence-electron chi connectivity index (χ1n) is 3.40. The topological polar surface area (TPSA) is 26.3 Å². The van der Waals surface area contributed by atoms with E-state index < -0.39 is 0 Å². The van der Waals surface area contributed by atoms with Gasteiger partial charge in [-0.25, -0.2) is 0 Å². The van der Waals surface area contributed by atoms with Crippen LogP contribution in [-0.2, 0) is 8.98 Å². The van der Waals surface area contributed by atoms with Gasteiger partial charge in [-0.3, -0.25) is 4.79 Å². The van der Waals surface area contributed by atoms with E-state index in [4.69, 9.17) is 15.8 Å². The summed E-state index contributed by atoms with van der Waals surface area (Å²) in [4.78, 5) is 11.3. The minimum Gasteiger partial charge on any atom is -0.386 e. The summed E-state index contributed by atoms with van der Waals surface area (Å²) in [6.07, 6.45) is 0. The van der Waals surface area contributed by atoms with Crippen molar-refractivity contribution >= 4 is 45.5 Å². The van der Waals surface area contributed by atoms with E-state index in [1.807, 2.05) is 0 Å². The molecule has 1 aromatic carbocycles. The lowest BCUT2D eigenvalue weighted by Crippen LogP contribution is -1.89. The molecule has 0 radical (unpaired) electrons. The second-order valence-corrected chi connectivity index (χ2v) is 4.30. The van der Waals surface area contributed by atoms with Gasteiger partial charge < -0.3 is 4.18 Å². The summed E-state index contributed by atoms with van der Waals surface area (Å²) in [5.41, 5.74) is 0. The second kappa shape index (κ2) is 4.88. The Kier molecular flexibility index (Phi) is 4.09. The highest BCUT2D eigenvalue weighted by atomic mass is 79.9. The second-order valence-electron chi connectivity index (χ2n) is 2.23. The van der Waals surface area contributed by atoms with E-state index in [9.17, 15) is 4.79 Å². The quantitative estimate of drug-likeness (QED) is 0.774. The van der Waals surface area contributed by atoms with Crippen LogP contribution in [0.25, 0.3) is 0 Å².